The van der Waals surface area contributed by atoms with Crippen molar-refractivity contribution < 1.29 is 14.7 Å². The lowest BCUT2D eigenvalue weighted by molar-refractivity contribution is 0.0692. The number of benzene rings is 1. The zero-order valence-electron chi connectivity index (χ0n) is 12.6. The molecule has 1 N–H and O–H groups in total. The number of Topliss-reactive ketones (excluding diaryl/α,β-unsaturated/α-hetero) is 1. The molecule has 0 unspecified atom stereocenters. The van der Waals surface area contributed by atoms with E-state index in [1.165, 1.54) is 48.0 Å². The zero-order valence-corrected chi connectivity index (χ0v) is 13.4. The van der Waals surface area contributed by atoms with Gasteiger partial charge in [-0.1, -0.05) is 23.9 Å². The average Bonchev–Trinajstić information content (AvgIpc) is 2.59. The summed E-state index contributed by atoms with van der Waals surface area (Å²) in [4.78, 5) is 27.6. The highest BCUT2D eigenvalue weighted by Crippen LogP contribution is 2.24. The number of thioether (sulfide) groups is 1. The van der Waals surface area contributed by atoms with E-state index < -0.39 is 5.97 Å². The number of hydrogen-bond donors (Lipinski definition) is 1. The molecule has 0 saturated carbocycles. The molecule has 0 bridgehead atoms. The number of ketones is 1. The molecule has 0 atom stereocenters. The molecule has 1 aliphatic rings. The van der Waals surface area contributed by atoms with Gasteiger partial charge < -0.3 is 5.11 Å². The molecular weight excluding hydrogens is 310 g/mol. The largest absolute Gasteiger partial charge is 0.478 e. The fourth-order valence-corrected chi connectivity index (χ4v) is 3.67. The van der Waals surface area contributed by atoms with Crippen LogP contribution in [0.4, 0.5) is 0 Å². The molecule has 1 heterocycles. The minimum atomic E-state index is -1.03. The Labute approximate surface area is 138 Å². The smallest absolute Gasteiger partial charge is 0.338 e. The van der Waals surface area contributed by atoms with Crippen molar-refractivity contribution in [3.63, 3.8) is 0 Å². The number of hydrogen-bond acceptors (Lipinski definition) is 4. The number of carbonyl (C=O) groups excluding carboxylic acids is 1. The van der Waals surface area contributed by atoms with Crippen LogP contribution < -0.4 is 0 Å². The highest BCUT2D eigenvalue weighted by molar-refractivity contribution is 8.00. The van der Waals surface area contributed by atoms with Crippen LogP contribution in [0.25, 0.3) is 0 Å². The third-order valence-corrected chi connectivity index (χ3v) is 5.02. The Morgan fingerprint density at radius 3 is 2.70 bits per heavy atom. The number of nitrogens with zero attached hydrogens (tertiary/aromatic N) is 1. The lowest BCUT2D eigenvalue weighted by Crippen LogP contribution is -2.08. The first-order valence-corrected chi connectivity index (χ1v) is 8.60. The fourth-order valence-electron chi connectivity index (χ4n) is 2.79. The monoisotopic (exact) mass is 327 g/mol. The van der Waals surface area contributed by atoms with Gasteiger partial charge >= 0.3 is 5.97 Å². The second-order valence-electron chi connectivity index (χ2n) is 5.56. The lowest BCUT2D eigenvalue weighted by Gasteiger charge is -2.16. The molecule has 0 aliphatic heterocycles. The predicted octanol–water partition coefficient (Wildman–Crippen LogP) is 3.63. The van der Waals surface area contributed by atoms with E-state index in [1.54, 1.807) is 6.07 Å². The molecule has 1 aromatic heterocycles. The summed E-state index contributed by atoms with van der Waals surface area (Å²) in [6.45, 7) is 0. The van der Waals surface area contributed by atoms with Gasteiger partial charge in [0.15, 0.2) is 5.78 Å². The van der Waals surface area contributed by atoms with Gasteiger partial charge in [-0.15, -0.1) is 0 Å². The second-order valence-corrected chi connectivity index (χ2v) is 6.53. The Kier molecular flexibility index (Phi) is 4.76. The molecule has 0 spiro atoms. The SMILES string of the molecule is O=C(CSc1ncccc1C(=O)O)c1ccc2c(c1)CCCC2. The zero-order chi connectivity index (χ0) is 16.2. The van der Waals surface area contributed by atoms with E-state index in [1.807, 2.05) is 12.1 Å². The van der Waals surface area contributed by atoms with Crippen molar-refractivity contribution in [3.8, 4) is 0 Å². The summed E-state index contributed by atoms with van der Waals surface area (Å²) in [5.41, 5.74) is 3.45. The first-order chi connectivity index (χ1) is 11.1. The van der Waals surface area contributed by atoms with Crippen molar-refractivity contribution in [1.29, 1.82) is 0 Å². The molecule has 5 heteroatoms. The van der Waals surface area contributed by atoms with Gasteiger partial charge in [-0.05, 0) is 55.0 Å². The maximum atomic E-state index is 12.4. The Balaban J connectivity index is 1.72. The van der Waals surface area contributed by atoms with Crippen LogP contribution >= 0.6 is 11.8 Å². The molecule has 118 valence electrons. The number of fused-ring (bicyclic) bond motifs is 1. The molecule has 0 amide bonds. The van der Waals surface area contributed by atoms with Crippen molar-refractivity contribution in [1.82, 2.24) is 4.98 Å². The van der Waals surface area contributed by atoms with Gasteiger partial charge in [0, 0.05) is 11.8 Å². The number of aromatic carboxylic acids is 1. The third kappa shape index (κ3) is 3.62. The van der Waals surface area contributed by atoms with Gasteiger partial charge in [0.25, 0.3) is 0 Å². The molecule has 0 radical (unpaired) electrons. The van der Waals surface area contributed by atoms with Crippen LogP contribution in [0.2, 0.25) is 0 Å². The normalized spacial score (nSPS) is 13.4. The van der Waals surface area contributed by atoms with E-state index in [2.05, 4.69) is 11.1 Å². The second kappa shape index (κ2) is 6.96. The molecule has 23 heavy (non-hydrogen) atoms. The number of aryl methyl sites for hydroxylation is 2. The van der Waals surface area contributed by atoms with E-state index in [0.717, 1.165) is 12.8 Å². The van der Waals surface area contributed by atoms with Crippen LogP contribution in [0, 0.1) is 0 Å². The average molecular weight is 327 g/mol. The molecule has 0 saturated heterocycles. The van der Waals surface area contributed by atoms with Crippen LogP contribution in [0.15, 0.2) is 41.6 Å². The molecule has 1 aliphatic carbocycles. The number of carboxylic acids is 1. The summed E-state index contributed by atoms with van der Waals surface area (Å²) in [6, 6.07) is 9.01. The summed E-state index contributed by atoms with van der Waals surface area (Å²) in [6.07, 6.45) is 6.06. The van der Waals surface area contributed by atoms with Gasteiger partial charge in [-0.2, -0.15) is 0 Å². The molecule has 1 aromatic carbocycles. The molecular formula is C18H17NO3S. The fraction of sp³-hybridized carbons (Fsp3) is 0.278. The summed E-state index contributed by atoms with van der Waals surface area (Å²) in [5.74, 6) is -0.831. The number of carboxylic acid groups (broad SMARTS) is 1. The molecule has 3 rings (SSSR count). The number of pyridine rings is 1. The minimum Gasteiger partial charge on any atom is -0.478 e. The maximum absolute atomic E-state index is 12.4. The summed E-state index contributed by atoms with van der Waals surface area (Å²) in [5, 5.41) is 9.52. The Morgan fingerprint density at radius 1 is 1.13 bits per heavy atom. The van der Waals surface area contributed by atoms with E-state index in [-0.39, 0.29) is 17.1 Å². The first-order valence-electron chi connectivity index (χ1n) is 7.61. The van der Waals surface area contributed by atoms with Crippen molar-refractivity contribution in [2.45, 2.75) is 30.7 Å². The van der Waals surface area contributed by atoms with Crippen LogP contribution in [-0.4, -0.2) is 27.6 Å². The van der Waals surface area contributed by atoms with Crippen molar-refractivity contribution in [3.05, 3.63) is 58.8 Å². The summed E-state index contributed by atoms with van der Waals surface area (Å²) < 4.78 is 0. The van der Waals surface area contributed by atoms with E-state index in [0.29, 0.717) is 10.6 Å². The van der Waals surface area contributed by atoms with Gasteiger partial charge in [0.2, 0.25) is 0 Å². The van der Waals surface area contributed by atoms with Gasteiger partial charge in [-0.3, -0.25) is 4.79 Å². The maximum Gasteiger partial charge on any atom is 0.338 e. The van der Waals surface area contributed by atoms with E-state index in [9.17, 15) is 9.59 Å². The molecule has 4 nitrogen and oxygen atoms in total. The van der Waals surface area contributed by atoms with Crippen LogP contribution in [0.5, 0.6) is 0 Å². The highest BCUT2D eigenvalue weighted by Gasteiger charge is 2.16. The van der Waals surface area contributed by atoms with Gasteiger partial charge in [-0.25, -0.2) is 9.78 Å². The topological polar surface area (TPSA) is 67.3 Å². The van der Waals surface area contributed by atoms with Crippen LogP contribution in [0.1, 0.15) is 44.7 Å². The van der Waals surface area contributed by atoms with Crippen molar-refractivity contribution >= 4 is 23.5 Å². The van der Waals surface area contributed by atoms with Crippen LogP contribution in [0.3, 0.4) is 0 Å². The number of aromatic nitrogens is 1. The Morgan fingerprint density at radius 2 is 1.91 bits per heavy atom. The Hall–Kier alpha value is -2.14. The quantitative estimate of drug-likeness (QED) is 0.671. The third-order valence-electron chi connectivity index (χ3n) is 4.01. The highest BCUT2D eigenvalue weighted by atomic mass is 32.2. The molecule has 2 aromatic rings. The predicted molar refractivity (Wildman–Crippen MR) is 89.3 cm³/mol. The van der Waals surface area contributed by atoms with Crippen molar-refractivity contribution in [2.24, 2.45) is 0 Å². The summed E-state index contributed by atoms with van der Waals surface area (Å²) in [7, 11) is 0. The standard InChI is InChI=1S/C18H17NO3S/c20-16(11-23-17-15(18(21)22)6-3-9-19-17)14-8-7-12-4-1-2-5-13(12)10-14/h3,6-10H,1-2,4-5,11H2,(H,21,22). The van der Waals surface area contributed by atoms with E-state index >= 15 is 0 Å². The van der Waals surface area contributed by atoms with E-state index in [4.69, 9.17) is 5.11 Å². The number of rotatable bonds is 5. The summed E-state index contributed by atoms with van der Waals surface area (Å²) >= 11 is 1.17. The molecule has 0 fully saturated rings. The Bertz CT molecular complexity index is 758. The van der Waals surface area contributed by atoms with Crippen LogP contribution in [-0.2, 0) is 12.8 Å². The van der Waals surface area contributed by atoms with Gasteiger partial charge in [0.1, 0.15) is 5.03 Å². The van der Waals surface area contributed by atoms with Crippen molar-refractivity contribution in [2.75, 3.05) is 5.75 Å². The first kappa shape index (κ1) is 15.7. The van der Waals surface area contributed by atoms with Gasteiger partial charge in [0.05, 0.1) is 11.3 Å². The number of carbonyl (C=O) groups is 2. The lowest BCUT2D eigenvalue weighted by atomic mass is 9.90. The minimum absolute atomic E-state index is 0.00497.